The Hall–Kier alpha value is -1.18. The molecule has 0 saturated heterocycles. The Morgan fingerprint density at radius 3 is 1.73 bits per heavy atom. The van der Waals surface area contributed by atoms with Crippen LogP contribution in [-0.2, 0) is 14.3 Å². The lowest BCUT2D eigenvalue weighted by atomic mass is 10.4. The van der Waals surface area contributed by atoms with E-state index in [2.05, 4.69) is 4.74 Å². The molecular formula is C8H18O7. The largest absolute Gasteiger partial charge is 0.481 e. The number of carbonyl (C=O) groups is 2. The SMILES string of the molecule is CC(=O)O.CCOC=O.OCC(O)CO. The van der Waals surface area contributed by atoms with E-state index in [9.17, 15) is 4.79 Å². The van der Waals surface area contributed by atoms with Crippen LogP contribution in [0.15, 0.2) is 0 Å². The molecule has 7 nitrogen and oxygen atoms in total. The standard InChI is InChI=1S/C3H8O3.C3H6O2.C2H4O2/c4-1-3(6)2-5;1-2-5-3-4;1-2(3)4/h3-6H,1-2H2;3H,2H2,1H3;1H3,(H,3,4). The lowest BCUT2D eigenvalue weighted by Gasteiger charge is -1.96. The first-order valence-corrected chi connectivity index (χ1v) is 4.10. The van der Waals surface area contributed by atoms with Gasteiger partial charge in [0.1, 0.15) is 6.10 Å². The van der Waals surface area contributed by atoms with Crippen molar-refractivity contribution >= 4 is 12.4 Å². The summed E-state index contributed by atoms with van der Waals surface area (Å²) in [5.41, 5.74) is 0. The zero-order valence-electron chi connectivity index (χ0n) is 8.79. The lowest BCUT2D eigenvalue weighted by Crippen LogP contribution is -2.15. The molecule has 7 heteroatoms. The van der Waals surface area contributed by atoms with E-state index in [-0.39, 0.29) is 13.2 Å². The van der Waals surface area contributed by atoms with Crippen LogP contribution >= 0.6 is 0 Å². The minimum Gasteiger partial charge on any atom is -0.481 e. The van der Waals surface area contributed by atoms with Crippen LogP contribution in [0, 0.1) is 0 Å². The quantitative estimate of drug-likeness (QED) is 0.434. The van der Waals surface area contributed by atoms with Gasteiger partial charge in [-0.3, -0.25) is 9.59 Å². The Labute approximate surface area is 87.9 Å². The molecule has 0 aromatic carbocycles. The first kappa shape index (κ1) is 19.4. The summed E-state index contributed by atoms with van der Waals surface area (Å²) in [5, 5.41) is 31.4. The van der Waals surface area contributed by atoms with Crippen molar-refractivity contribution in [2.24, 2.45) is 0 Å². The maximum absolute atomic E-state index is 9.18. The van der Waals surface area contributed by atoms with Gasteiger partial charge in [0.25, 0.3) is 12.4 Å². The molecule has 0 spiro atoms. The number of hydrogen-bond donors (Lipinski definition) is 4. The second-order valence-corrected chi connectivity index (χ2v) is 2.09. The molecule has 0 fully saturated rings. The smallest absolute Gasteiger partial charge is 0.300 e. The fourth-order valence-corrected chi connectivity index (χ4v) is 0.126. The number of ether oxygens (including phenoxy) is 1. The normalized spacial score (nSPS) is 7.87. The summed E-state index contributed by atoms with van der Waals surface area (Å²) < 4.78 is 4.15. The van der Waals surface area contributed by atoms with E-state index in [0.29, 0.717) is 13.1 Å². The molecule has 4 N–H and O–H groups in total. The molecule has 0 aromatic heterocycles. The first-order valence-electron chi connectivity index (χ1n) is 4.10. The van der Waals surface area contributed by atoms with E-state index in [4.69, 9.17) is 25.2 Å². The van der Waals surface area contributed by atoms with Gasteiger partial charge in [0, 0.05) is 6.92 Å². The van der Waals surface area contributed by atoms with E-state index in [1.807, 2.05) is 0 Å². The molecule has 0 rings (SSSR count). The number of carbonyl (C=O) groups excluding carboxylic acids is 1. The minimum atomic E-state index is -0.954. The second kappa shape index (κ2) is 18.6. The molecule has 0 aliphatic carbocycles. The van der Waals surface area contributed by atoms with Crippen LogP contribution in [0.3, 0.4) is 0 Å². The van der Waals surface area contributed by atoms with Gasteiger partial charge < -0.3 is 25.2 Å². The molecule has 15 heavy (non-hydrogen) atoms. The van der Waals surface area contributed by atoms with Gasteiger partial charge in [-0.2, -0.15) is 0 Å². The van der Waals surface area contributed by atoms with Gasteiger partial charge in [0.2, 0.25) is 0 Å². The third-order valence-corrected chi connectivity index (χ3v) is 0.656. The van der Waals surface area contributed by atoms with E-state index in [1.54, 1.807) is 6.92 Å². The summed E-state index contributed by atoms with van der Waals surface area (Å²) in [4.78, 5) is 18.2. The van der Waals surface area contributed by atoms with Crippen molar-refractivity contribution in [3.63, 3.8) is 0 Å². The molecule has 0 aromatic rings. The molecule has 0 aliphatic heterocycles. The molecule has 0 radical (unpaired) electrons. The molecule has 0 atom stereocenters. The maximum Gasteiger partial charge on any atom is 0.300 e. The highest BCUT2D eigenvalue weighted by molar-refractivity contribution is 5.62. The minimum absolute atomic E-state index is 0.365. The van der Waals surface area contributed by atoms with Crippen LogP contribution in [0.1, 0.15) is 13.8 Å². The van der Waals surface area contributed by atoms with E-state index in [0.717, 1.165) is 6.92 Å². The summed E-state index contributed by atoms with van der Waals surface area (Å²) in [7, 11) is 0. The number of carboxylic acid groups (broad SMARTS) is 1. The van der Waals surface area contributed by atoms with Crippen molar-refractivity contribution in [1.82, 2.24) is 0 Å². The molecule has 0 heterocycles. The summed E-state index contributed by atoms with van der Waals surface area (Å²) in [6.45, 7) is 3.02. The van der Waals surface area contributed by atoms with Crippen LogP contribution in [0.4, 0.5) is 0 Å². The van der Waals surface area contributed by atoms with Gasteiger partial charge in [-0.05, 0) is 6.92 Å². The van der Waals surface area contributed by atoms with Crippen molar-refractivity contribution in [3.8, 4) is 0 Å². The van der Waals surface area contributed by atoms with Gasteiger partial charge in [-0.25, -0.2) is 0 Å². The Bertz CT molecular complexity index is 129. The molecule has 92 valence electrons. The third-order valence-electron chi connectivity index (χ3n) is 0.656. The van der Waals surface area contributed by atoms with Gasteiger partial charge >= 0.3 is 0 Å². The Morgan fingerprint density at radius 1 is 1.40 bits per heavy atom. The van der Waals surface area contributed by atoms with Crippen LogP contribution in [0.5, 0.6) is 0 Å². The van der Waals surface area contributed by atoms with Crippen LogP contribution in [0.2, 0.25) is 0 Å². The molecule has 0 bridgehead atoms. The highest BCUT2D eigenvalue weighted by atomic mass is 16.5. The third kappa shape index (κ3) is 64.6. The molecular weight excluding hydrogens is 208 g/mol. The monoisotopic (exact) mass is 226 g/mol. The van der Waals surface area contributed by atoms with Crippen LogP contribution < -0.4 is 0 Å². The summed E-state index contributed by atoms with van der Waals surface area (Å²) >= 11 is 0. The van der Waals surface area contributed by atoms with Crippen molar-refractivity contribution in [2.45, 2.75) is 20.0 Å². The predicted molar refractivity (Wildman–Crippen MR) is 51.2 cm³/mol. The van der Waals surface area contributed by atoms with Crippen LogP contribution in [-0.4, -0.2) is 58.8 Å². The van der Waals surface area contributed by atoms with E-state index in [1.165, 1.54) is 0 Å². The first-order chi connectivity index (χ1) is 6.95. The average Bonchev–Trinajstić information content (AvgIpc) is 2.18. The molecule has 0 unspecified atom stereocenters. The fraction of sp³-hybridized carbons (Fsp3) is 0.750. The summed E-state index contributed by atoms with van der Waals surface area (Å²) in [6.07, 6.45) is -0.954. The zero-order chi connectivity index (χ0) is 12.7. The van der Waals surface area contributed by atoms with Crippen molar-refractivity contribution in [3.05, 3.63) is 0 Å². The number of aliphatic hydroxyl groups excluding tert-OH is 3. The second-order valence-electron chi connectivity index (χ2n) is 2.09. The van der Waals surface area contributed by atoms with Crippen molar-refractivity contribution in [2.75, 3.05) is 19.8 Å². The van der Waals surface area contributed by atoms with E-state index < -0.39 is 12.1 Å². The van der Waals surface area contributed by atoms with Gasteiger partial charge in [-0.1, -0.05) is 0 Å². The Kier molecular flexibility index (Phi) is 24.0. The molecule has 0 saturated carbocycles. The Balaban J connectivity index is -0.000000147. The highest BCUT2D eigenvalue weighted by Crippen LogP contribution is 1.71. The highest BCUT2D eigenvalue weighted by Gasteiger charge is 1.93. The summed E-state index contributed by atoms with van der Waals surface area (Å²) in [5.74, 6) is -0.833. The topological polar surface area (TPSA) is 124 Å². The number of aliphatic carboxylic acids is 1. The predicted octanol–water partition coefficient (Wildman–Crippen LogP) is -1.40. The maximum atomic E-state index is 9.18. The number of hydrogen-bond acceptors (Lipinski definition) is 6. The van der Waals surface area contributed by atoms with Crippen molar-refractivity contribution in [1.29, 1.82) is 0 Å². The zero-order valence-corrected chi connectivity index (χ0v) is 8.79. The average molecular weight is 226 g/mol. The fourth-order valence-electron chi connectivity index (χ4n) is 0.126. The van der Waals surface area contributed by atoms with Gasteiger partial charge in [-0.15, -0.1) is 0 Å². The van der Waals surface area contributed by atoms with E-state index >= 15 is 0 Å². The number of carboxylic acids is 1. The van der Waals surface area contributed by atoms with Gasteiger partial charge in [0.15, 0.2) is 0 Å². The lowest BCUT2D eigenvalue weighted by molar-refractivity contribution is -0.134. The van der Waals surface area contributed by atoms with Gasteiger partial charge in [0.05, 0.1) is 19.8 Å². The summed E-state index contributed by atoms with van der Waals surface area (Å²) in [6, 6.07) is 0. The molecule has 0 amide bonds. The van der Waals surface area contributed by atoms with Crippen LogP contribution in [0.25, 0.3) is 0 Å². The number of aliphatic hydroxyl groups is 3. The number of rotatable bonds is 4. The molecule has 0 aliphatic rings. The van der Waals surface area contributed by atoms with Crippen molar-refractivity contribution < 1.29 is 34.8 Å². The Morgan fingerprint density at radius 2 is 1.73 bits per heavy atom.